The highest BCUT2D eigenvalue weighted by Crippen LogP contribution is 2.52. The van der Waals surface area contributed by atoms with Crippen molar-refractivity contribution in [3.05, 3.63) is 59.4 Å². The Labute approximate surface area is 159 Å². The molecular weight excluding hydrogens is 362 g/mol. The van der Waals surface area contributed by atoms with Crippen LogP contribution in [0.2, 0.25) is 0 Å². The van der Waals surface area contributed by atoms with Gasteiger partial charge in [0.1, 0.15) is 0 Å². The van der Waals surface area contributed by atoms with Gasteiger partial charge >= 0.3 is 5.97 Å². The molecule has 27 heavy (non-hydrogen) atoms. The Bertz CT molecular complexity index is 959. The molecule has 0 aliphatic heterocycles. The predicted molar refractivity (Wildman–Crippen MR) is 101 cm³/mol. The molecule has 6 heteroatoms. The molecule has 0 bridgehead atoms. The number of aliphatic carboxylic acids is 1. The van der Waals surface area contributed by atoms with Crippen LogP contribution in [0.15, 0.2) is 47.6 Å². The maximum Gasteiger partial charge on any atom is 0.314 e. The Morgan fingerprint density at radius 1 is 1.19 bits per heavy atom. The van der Waals surface area contributed by atoms with E-state index in [-0.39, 0.29) is 16.6 Å². The highest BCUT2D eigenvalue weighted by atomic mass is 32.2. The van der Waals surface area contributed by atoms with Gasteiger partial charge in [-0.25, -0.2) is 8.42 Å². The molecule has 0 saturated heterocycles. The van der Waals surface area contributed by atoms with Crippen molar-refractivity contribution in [2.45, 2.75) is 60.5 Å². The average molecular weight is 385 g/mol. The van der Waals surface area contributed by atoms with Crippen LogP contribution in [0.3, 0.4) is 0 Å². The fraction of sp³-hybridized carbons (Fsp3) is 0.429. The van der Waals surface area contributed by atoms with E-state index in [0.29, 0.717) is 18.4 Å². The van der Waals surface area contributed by atoms with E-state index in [1.165, 1.54) is 0 Å². The molecule has 1 N–H and O–H groups in total. The Kier molecular flexibility index (Phi) is 4.54. The molecule has 4 rings (SSSR count). The van der Waals surface area contributed by atoms with Crippen molar-refractivity contribution in [1.29, 1.82) is 0 Å². The summed E-state index contributed by atoms with van der Waals surface area (Å²) in [4.78, 5) is 16.1. The first-order chi connectivity index (χ1) is 12.9. The van der Waals surface area contributed by atoms with E-state index >= 15 is 0 Å². The van der Waals surface area contributed by atoms with E-state index in [2.05, 4.69) is 4.98 Å². The maximum atomic E-state index is 12.9. The average Bonchev–Trinajstić information content (AvgIpc) is 3.29. The van der Waals surface area contributed by atoms with Crippen molar-refractivity contribution >= 4 is 15.8 Å². The molecule has 1 aromatic heterocycles. The Hall–Kier alpha value is -2.21. The van der Waals surface area contributed by atoms with Gasteiger partial charge in [-0.1, -0.05) is 25.0 Å². The van der Waals surface area contributed by atoms with Gasteiger partial charge in [-0.3, -0.25) is 9.78 Å². The number of nitrogens with zero attached hydrogens (tertiary/aromatic N) is 1. The number of rotatable bonds is 6. The minimum absolute atomic E-state index is 0.103. The lowest BCUT2D eigenvalue weighted by Crippen LogP contribution is -2.22. The summed E-state index contributed by atoms with van der Waals surface area (Å²) in [6.07, 6.45) is 8.64. The van der Waals surface area contributed by atoms with Crippen LogP contribution >= 0.6 is 0 Å². The number of benzene rings is 1. The van der Waals surface area contributed by atoms with E-state index < -0.39 is 21.2 Å². The summed E-state index contributed by atoms with van der Waals surface area (Å²) in [5.74, 6) is -0.646. The minimum Gasteiger partial charge on any atom is -0.481 e. The van der Waals surface area contributed by atoms with Gasteiger partial charge in [0.25, 0.3) is 0 Å². The summed E-state index contributed by atoms with van der Waals surface area (Å²) >= 11 is 0. The second kappa shape index (κ2) is 6.75. The number of aromatic nitrogens is 1. The molecule has 0 radical (unpaired) electrons. The molecule has 2 aromatic rings. The zero-order chi connectivity index (χ0) is 19.1. The topological polar surface area (TPSA) is 84.3 Å². The van der Waals surface area contributed by atoms with Gasteiger partial charge in [0, 0.05) is 12.4 Å². The van der Waals surface area contributed by atoms with Crippen LogP contribution < -0.4 is 0 Å². The number of carboxylic acids is 1. The standard InChI is InChI=1S/C21H23NO4S/c23-20(24)21(9-10-21)19-8-7-17(12-18(19)16-5-1-2-6-16)27(25,26)14-15-4-3-11-22-13-15/h3-4,7-8,11-13,16H,1-2,5-6,9-10,14H2,(H,23,24). The van der Waals surface area contributed by atoms with Gasteiger partial charge in [-0.05, 0) is 66.5 Å². The molecule has 2 aliphatic carbocycles. The lowest BCUT2D eigenvalue weighted by atomic mass is 9.84. The fourth-order valence-electron chi connectivity index (χ4n) is 4.25. The highest BCUT2D eigenvalue weighted by Gasteiger charge is 2.53. The van der Waals surface area contributed by atoms with Gasteiger partial charge in [0.05, 0.1) is 16.1 Å². The Balaban J connectivity index is 1.75. The SMILES string of the molecule is O=C(O)C1(c2ccc(S(=O)(=O)Cc3cccnc3)cc2C2CCCC2)CC1. The summed E-state index contributed by atoms with van der Waals surface area (Å²) in [7, 11) is -3.51. The van der Waals surface area contributed by atoms with Crippen molar-refractivity contribution in [1.82, 2.24) is 4.98 Å². The lowest BCUT2D eigenvalue weighted by molar-refractivity contribution is -0.140. The third kappa shape index (κ3) is 3.38. The van der Waals surface area contributed by atoms with Gasteiger partial charge in [0.2, 0.25) is 0 Å². The number of sulfone groups is 1. The molecule has 1 heterocycles. The molecule has 5 nitrogen and oxygen atoms in total. The van der Waals surface area contributed by atoms with Gasteiger partial charge in [0.15, 0.2) is 9.84 Å². The Morgan fingerprint density at radius 3 is 2.52 bits per heavy atom. The van der Waals surface area contributed by atoms with E-state index in [0.717, 1.165) is 36.8 Å². The second-order valence-corrected chi connectivity index (χ2v) is 9.73. The van der Waals surface area contributed by atoms with E-state index in [1.54, 1.807) is 42.7 Å². The van der Waals surface area contributed by atoms with E-state index in [9.17, 15) is 18.3 Å². The third-order valence-electron chi connectivity index (χ3n) is 5.93. The lowest BCUT2D eigenvalue weighted by Gasteiger charge is -2.21. The molecular formula is C21H23NO4S. The van der Waals surface area contributed by atoms with Crippen LogP contribution in [0, 0.1) is 0 Å². The van der Waals surface area contributed by atoms with E-state index in [1.807, 2.05) is 0 Å². The van der Waals surface area contributed by atoms with Crippen molar-refractivity contribution in [3.63, 3.8) is 0 Å². The smallest absolute Gasteiger partial charge is 0.314 e. The summed E-state index contributed by atoms with van der Waals surface area (Å²) in [6.45, 7) is 0. The molecule has 2 fully saturated rings. The van der Waals surface area contributed by atoms with Crippen molar-refractivity contribution in [3.8, 4) is 0 Å². The quantitative estimate of drug-likeness (QED) is 0.817. The van der Waals surface area contributed by atoms with Crippen LogP contribution in [0.5, 0.6) is 0 Å². The maximum absolute atomic E-state index is 12.9. The summed E-state index contributed by atoms with van der Waals surface area (Å²) in [5, 5.41) is 9.72. The van der Waals surface area contributed by atoms with Crippen molar-refractivity contribution in [2.75, 3.05) is 0 Å². The highest BCUT2D eigenvalue weighted by molar-refractivity contribution is 7.90. The van der Waals surface area contributed by atoms with E-state index in [4.69, 9.17) is 0 Å². The zero-order valence-corrected chi connectivity index (χ0v) is 15.9. The minimum atomic E-state index is -3.51. The predicted octanol–water partition coefficient (Wildman–Crippen LogP) is 3.83. The number of pyridine rings is 1. The summed E-state index contributed by atoms with van der Waals surface area (Å²) < 4.78 is 25.9. The number of carbonyl (C=O) groups is 1. The van der Waals surface area contributed by atoms with Crippen LogP contribution in [-0.2, 0) is 25.8 Å². The molecule has 0 unspecified atom stereocenters. The molecule has 2 saturated carbocycles. The van der Waals surface area contributed by atoms with Gasteiger partial charge in [-0.2, -0.15) is 0 Å². The molecule has 0 amide bonds. The first-order valence-electron chi connectivity index (χ1n) is 9.42. The van der Waals surface area contributed by atoms with Crippen molar-refractivity contribution < 1.29 is 18.3 Å². The third-order valence-corrected chi connectivity index (χ3v) is 7.62. The molecule has 0 atom stereocenters. The molecule has 2 aliphatic rings. The Morgan fingerprint density at radius 2 is 1.93 bits per heavy atom. The zero-order valence-electron chi connectivity index (χ0n) is 15.1. The number of carboxylic acid groups (broad SMARTS) is 1. The fourth-order valence-corrected chi connectivity index (χ4v) is 5.61. The van der Waals surface area contributed by atoms with Crippen molar-refractivity contribution in [2.24, 2.45) is 0 Å². The molecule has 0 spiro atoms. The monoisotopic (exact) mass is 385 g/mol. The second-order valence-electron chi connectivity index (χ2n) is 7.74. The van der Waals surface area contributed by atoms with Crippen LogP contribution in [0.4, 0.5) is 0 Å². The van der Waals surface area contributed by atoms with Crippen LogP contribution in [-0.4, -0.2) is 24.5 Å². The first-order valence-corrected chi connectivity index (χ1v) is 11.1. The summed E-state index contributed by atoms with van der Waals surface area (Å²) in [5.41, 5.74) is 1.58. The van der Waals surface area contributed by atoms with Crippen LogP contribution in [0.25, 0.3) is 0 Å². The van der Waals surface area contributed by atoms with Gasteiger partial charge < -0.3 is 5.11 Å². The summed E-state index contributed by atoms with van der Waals surface area (Å²) in [6, 6.07) is 8.56. The number of hydrogen-bond donors (Lipinski definition) is 1. The molecule has 1 aromatic carbocycles. The normalized spacial score (nSPS) is 19.1. The number of hydrogen-bond acceptors (Lipinski definition) is 4. The van der Waals surface area contributed by atoms with Gasteiger partial charge in [-0.15, -0.1) is 0 Å². The first kappa shape index (κ1) is 18.2. The van der Waals surface area contributed by atoms with Crippen LogP contribution in [0.1, 0.15) is 61.1 Å². The largest absolute Gasteiger partial charge is 0.481 e. The molecule has 142 valence electrons.